The van der Waals surface area contributed by atoms with Gasteiger partial charge in [-0.1, -0.05) is 5.16 Å². The normalized spacial score (nSPS) is 25.9. The summed E-state index contributed by atoms with van der Waals surface area (Å²) in [5.41, 5.74) is 1.77. The summed E-state index contributed by atoms with van der Waals surface area (Å²) >= 11 is 0. The lowest BCUT2D eigenvalue weighted by atomic mass is 9.91. The number of hydrogen-bond donors (Lipinski definition) is 2. The lowest BCUT2D eigenvalue weighted by Crippen LogP contribution is -2.44. The molecule has 0 unspecified atom stereocenters. The molecule has 0 saturated carbocycles. The fraction of sp³-hybridized carbons (Fsp3) is 0.688. The van der Waals surface area contributed by atoms with Crippen LogP contribution in [0.25, 0.3) is 0 Å². The van der Waals surface area contributed by atoms with Crippen molar-refractivity contribution in [1.82, 2.24) is 10.5 Å². The molecule has 2 atom stereocenters. The van der Waals surface area contributed by atoms with E-state index < -0.39 is 0 Å². The first-order chi connectivity index (χ1) is 11.0. The quantitative estimate of drug-likeness (QED) is 0.884. The minimum Gasteiger partial charge on any atom is -0.381 e. The molecule has 2 saturated heterocycles. The average Bonchev–Trinajstić information content (AvgIpc) is 2.88. The van der Waals surface area contributed by atoms with Crippen molar-refractivity contribution in [3.63, 3.8) is 0 Å². The van der Waals surface area contributed by atoms with Gasteiger partial charge in [0.05, 0.1) is 5.69 Å². The summed E-state index contributed by atoms with van der Waals surface area (Å²) in [7, 11) is 0. The Hall–Kier alpha value is -1.89. The molecule has 2 fully saturated rings. The van der Waals surface area contributed by atoms with Crippen molar-refractivity contribution in [3.05, 3.63) is 11.3 Å². The van der Waals surface area contributed by atoms with Crippen LogP contribution in [0.4, 0.5) is 5.88 Å². The summed E-state index contributed by atoms with van der Waals surface area (Å²) in [4.78, 5) is 24.0. The number of rotatable bonds is 3. The van der Waals surface area contributed by atoms with E-state index in [-0.39, 0.29) is 30.2 Å². The first-order valence-electron chi connectivity index (χ1n) is 8.18. The highest BCUT2D eigenvalue weighted by atomic mass is 16.5. The lowest BCUT2D eigenvalue weighted by Gasteiger charge is -2.26. The summed E-state index contributed by atoms with van der Waals surface area (Å²) < 4.78 is 10.7. The van der Waals surface area contributed by atoms with Gasteiger partial charge in [0.1, 0.15) is 0 Å². The number of carbonyl (C=O) groups is 2. The Balaban J connectivity index is 1.67. The zero-order valence-electron chi connectivity index (χ0n) is 13.6. The zero-order chi connectivity index (χ0) is 16.4. The van der Waals surface area contributed by atoms with Crippen LogP contribution in [0.1, 0.15) is 49.8 Å². The molecule has 0 bridgehead atoms. The van der Waals surface area contributed by atoms with E-state index in [1.165, 1.54) is 0 Å². The van der Waals surface area contributed by atoms with Gasteiger partial charge >= 0.3 is 0 Å². The molecule has 3 heterocycles. The van der Waals surface area contributed by atoms with Gasteiger partial charge in [0, 0.05) is 43.1 Å². The van der Waals surface area contributed by atoms with E-state index >= 15 is 0 Å². The molecule has 7 heteroatoms. The molecule has 0 aromatic carbocycles. The molecule has 2 N–H and O–H groups in total. The second-order valence-corrected chi connectivity index (χ2v) is 6.50. The molecule has 23 heavy (non-hydrogen) atoms. The first-order valence-corrected chi connectivity index (χ1v) is 8.18. The van der Waals surface area contributed by atoms with E-state index in [2.05, 4.69) is 15.8 Å². The van der Waals surface area contributed by atoms with E-state index in [0.29, 0.717) is 18.2 Å². The Morgan fingerprint density at radius 2 is 2.09 bits per heavy atom. The van der Waals surface area contributed by atoms with Crippen LogP contribution in [0, 0.1) is 12.8 Å². The molecule has 0 spiro atoms. The number of hydrogen-bond acceptors (Lipinski definition) is 5. The fourth-order valence-corrected chi connectivity index (χ4v) is 3.36. The third-order valence-electron chi connectivity index (χ3n) is 4.65. The summed E-state index contributed by atoms with van der Waals surface area (Å²) in [5, 5.41) is 9.76. The molecule has 2 amide bonds. The summed E-state index contributed by atoms with van der Waals surface area (Å²) in [6, 6.07) is 0.0145. The van der Waals surface area contributed by atoms with Crippen LogP contribution in [0.2, 0.25) is 0 Å². The van der Waals surface area contributed by atoms with Crippen molar-refractivity contribution in [2.24, 2.45) is 5.92 Å². The molecule has 0 radical (unpaired) electrons. The predicted octanol–water partition coefficient (Wildman–Crippen LogP) is 1.73. The molecule has 7 nitrogen and oxygen atoms in total. The number of anilines is 1. The summed E-state index contributed by atoms with van der Waals surface area (Å²) in [5.74, 6) is 0.133. The first kappa shape index (κ1) is 16.0. The SMILES string of the molecule is Cc1c(C2CCOCC2)noc1NC(=O)[C@@H]1CC(=O)N[C@H](C)C1. The van der Waals surface area contributed by atoms with Crippen molar-refractivity contribution in [3.8, 4) is 0 Å². The van der Waals surface area contributed by atoms with Gasteiger partial charge in [0.25, 0.3) is 0 Å². The van der Waals surface area contributed by atoms with Crippen molar-refractivity contribution < 1.29 is 18.8 Å². The second kappa shape index (κ2) is 6.70. The van der Waals surface area contributed by atoms with Crippen LogP contribution in [-0.4, -0.2) is 36.2 Å². The van der Waals surface area contributed by atoms with Gasteiger partial charge in [-0.05, 0) is 33.1 Å². The Labute approximate surface area is 135 Å². The number of piperidine rings is 1. The standard InChI is InChI=1S/C16H23N3O4/c1-9-7-12(8-13(20)17-9)15(21)18-16-10(2)14(19-23-16)11-3-5-22-6-4-11/h9,11-12H,3-8H2,1-2H3,(H,17,20)(H,18,21)/t9-,12+/m1/s1. The van der Waals surface area contributed by atoms with Gasteiger partial charge < -0.3 is 14.6 Å². The summed E-state index contributed by atoms with van der Waals surface area (Å²) in [6.45, 7) is 5.27. The van der Waals surface area contributed by atoms with Crippen LogP contribution in [-0.2, 0) is 14.3 Å². The highest BCUT2D eigenvalue weighted by Crippen LogP contribution is 2.32. The largest absolute Gasteiger partial charge is 0.381 e. The maximum absolute atomic E-state index is 12.4. The minimum atomic E-state index is -0.324. The van der Waals surface area contributed by atoms with Gasteiger partial charge in [-0.2, -0.15) is 0 Å². The molecular formula is C16H23N3O4. The average molecular weight is 321 g/mol. The summed E-state index contributed by atoms with van der Waals surface area (Å²) in [6.07, 6.45) is 2.69. The minimum absolute atomic E-state index is 0.0145. The van der Waals surface area contributed by atoms with E-state index in [0.717, 1.165) is 37.3 Å². The number of aromatic nitrogens is 1. The van der Waals surface area contributed by atoms with Crippen LogP contribution < -0.4 is 10.6 Å². The number of nitrogens with one attached hydrogen (secondary N) is 2. The van der Waals surface area contributed by atoms with Crippen molar-refractivity contribution in [2.45, 2.75) is 51.5 Å². The van der Waals surface area contributed by atoms with Crippen molar-refractivity contribution in [2.75, 3.05) is 18.5 Å². The smallest absolute Gasteiger partial charge is 0.234 e. The maximum atomic E-state index is 12.4. The van der Waals surface area contributed by atoms with Crippen LogP contribution in [0.3, 0.4) is 0 Å². The lowest BCUT2D eigenvalue weighted by molar-refractivity contribution is -0.130. The fourth-order valence-electron chi connectivity index (χ4n) is 3.36. The number of amides is 2. The van der Waals surface area contributed by atoms with Crippen LogP contribution in [0.15, 0.2) is 4.52 Å². The Morgan fingerprint density at radius 1 is 1.35 bits per heavy atom. The third-order valence-corrected chi connectivity index (χ3v) is 4.65. The van der Waals surface area contributed by atoms with Crippen LogP contribution >= 0.6 is 0 Å². The van der Waals surface area contributed by atoms with Gasteiger partial charge in [0.2, 0.25) is 17.7 Å². The highest BCUT2D eigenvalue weighted by Gasteiger charge is 2.31. The van der Waals surface area contributed by atoms with Gasteiger partial charge in [0.15, 0.2) is 0 Å². The van der Waals surface area contributed by atoms with Crippen molar-refractivity contribution >= 4 is 17.7 Å². The monoisotopic (exact) mass is 321 g/mol. The number of nitrogens with zero attached hydrogens (tertiary/aromatic N) is 1. The Morgan fingerprint density at radius 3 is 2.78 bits per heavy atom. The van der Waals surface area contributed by atoms with E-state index in [4.69, 9.17) is 9.26 Å². The third kappa shape index (κ3) is 3.55. The van der Waals surface area contributed by atoms with Crippen LogP contribution in [0.5, 0.6) is 0 Å². The molecule has 1 aromatic heterocycles. The van der Waals surface area contributed by atoms with E-state index in [1.807, 2.05) is 13.8 Å². The number of ether oxygens (including phenoxy) is 1. The molecule has 1 aromatic rings. The highest BCUT2D eigenvalue weighted by molar-refractivity contribution is 5.95. The molecule has 126 valence electrons. The second-order valence-electron chi connectivity index (χ2n) is 6.50. The topological polar surface area (TPSA) is 93.5 Å². The molecule has 0 aliphatic carbocycles. The van der Waals surface area contributed by atoms with Gasteiger partial charge in [-0.15, -0.1) is 0 Å². The predicted molar refractivity (Wildman–Crippen MR) is 83.0 cm³/mol. The molecule has 2 aliphatic rings. The van der Waals surface area contributed by atoms with Crippen molar-refractivity contribution in [1.29, 1.82) is 0 Å². The molecule has 2 aliphatic heterocycles. The van der Waals surface area contributed by atoms with E-state index in [9.17, 15) is 9.59 Å². The molecular weight excluding hydrogens is 298 g/mol. The Kier molecular flexibility index (Phi) is 4.66. The maximum Gasteiger partial charge on any atom is 0.234 e. The van der Waals surface area contributed by atoms with Gasteiger partial charge in [-0.25, -0.2) is 0 Å². The van der Waals surface area contributed by atoms with E-state index in [1.54, 1.807) is 0 Å². The number of carbonyl (C=O) groups excluding carboxylic acids is 2. The van der Waals surface area contributed by atoms with Gasteiger partial charge in [-0.3, -0.25) is 14.9 Å². The Bertz CT molecular complexity index is 592. The zero-order valence-corrected chi connectivity index (χ0v) is 13.6. The molecule has 3 rings (SSSR count).